The van der Waals surface area contributed by atoms with Crippen LogP contribution in [0.3, 0.4) is 0 Å². The quantitative estimate of drug-likeness (QED) is 0.869. The number of aromatic hydroxyl groups is 1. The molecular weight excluding hydrogens is 266 g/mol. The second kappa shape index (κ2) is 7.16. The number of rotatable bonds is 5. The highest BCUT2D eigenvalue weighted by molar-refractivity contribution is 8.06. The number of ether oxygens (including phenoxy) is 1. The highest BCUT2D eigenvalue weighted by Crippen LogP contribution is 2.26. The summed E-state index contributed by atoms with van der Waals surface area (Å²) in [6, 6.07) is 5.54. The maximum Gasteiger partial charge on any atom is 0.160 e. The molecule has 2 N–H and O–H groups in total. The number of hydrogen-bond donors (Lipinski definition) is 2. The van der Waals surface area contributed by atoms with E-state index in [1.54, 1.807) is 19.2 Å². The van der Waals surface area contributed by atoms with E-state index >= 15 is 0 Å². The molecule has 1 saturated heterocycles. The van der Waals surface area contributed by atoms with Crippen molar-refractivity contribution in [3.05, 3.63) is 23.8 Å². The number of thioether (sulfide) groups is 2. The van der Waals surface area contributed by atoms with Crippen molar-refractivity contribution in [2.45, 2.75) is 11.8 Å². The van der Waals surface area contributed by atoms with E-state index in [4.69, 9.17) is 4.74 Å². The van der Waals surface area contributed by atoms with Crippen LogP contribution in [0.4, 0.5) is 0 Å². The highest BCUT2D eigenvalue weighted by atomic mass is 32.2. The molecule has 1 aliphatic rings. The lowest BCUT2D eigenvalue weighted by Gasteiger charge is -2.21. The molecule has 1 aliphatic heterocycles. The molecule has 1 heterocycles. The zero-order valence-electron chi connectivity index (χ0n) is 10.5. The summed E-state index contributed by atoms with van der Waals surface area (Å²) in [4.78, 5) is 0. The van der Waals surface area contributed by atoms with Crippen molar-refractivity contribution >= 4 is 23.5 Å². The Morgan fingerprint density at radius 3 is 3.00 bits per heavy atom. The molecule has 0 radical (unpaired) electrons. The summed E-state index contributed by atoms with van der Waals surface area (Å²) < 4.78 is 5.02. The summed E-state index contributed by atoms with van der Waals surface area (Å²) in [7, 11) is 1.56. The molecule has 100 valence electrons. The van der Waals surface area contributed by atoms with Crippen LogP contribution in [0.1, 0.15) is 5.56 Å². The molecule has 1 unspecified atom stereocenters. The van der Waals surface area contributed by atoms with Gasteiger partial charge >= 0.3 is 0 Å². The van der Waals surface area contributed by atoms with Crippen molar-refractivity contribution in [1.29, 1.82) is 0 Å². The largest absolute Gasteiger partial charge is 0.504 e. The Hall–Kier alpha value is -0.520. The molecule has 1 aromatic rings. The number of phenols is 1. The second-order valence-corrected chi connectivity index (χ2v) is 6.76. The Kier molecular flexibility index (Phi) is 5.53. The van der Waals surface area contributed by atoms with Crippen molar-refractivity contribution < 1.29 is 9.84 Å². The SMILES string of the molecule is COc1ccc(CNCC2CSCCS2)cc1O. The van der Waals surface area contributed by atoms with Gasteiger partial charge in [0.1, 0.15) is 0 Å². The molecule has 18 heavy (non-hydrogen) atoms. The fraction of sp³-hybridized carbons (Fsp3) is 0.538. The van der Waals surface area contributed by atoms with Gasteiger partial charge in [0, 0.05) is 35.6 Å². The van der Waals surface area contributed by atoms with E-state index in [9.17, 15) is 5.11 Å². The number of nitrogens with one attached hydrogen (secondary N) is 1. The standard InChI is InChI=1S/C13H19NO2S2/c1-16-13-3-2-10(6-12(13)15)7-14-8-11-9-17-4-5-18-11/h2-3,6,11,14-15H,4-5,7-9H2,1H3. The molecule has 5 heteroatoms. The fourth-order valence-corrected chi connectivity index (χ4v) is 4.52. The van der Waals surface area contributed by atoms with E-state index in [-0.39, 0.29) is 5.75 Å². The summed E-state index contributed by atoms with van der Waals surface area (Å²) in [6.07, 6.45) is 0. The van der Waals surface area contributed by atoms with Crippen LogP contribution < -0.4 is 10.1 Å². The molecule has 0 spiro atoms. The van der Waals surface area contributed by atoms with Gasteiger partial charge in [0.15, 0.2) is 11.5 Å². The van der Waals surface area contributed by atoms with Crippen LogP contribution in [-0.4, -0.2) is 41.3 Å². The van der Waals surface area contributed by atoms with Crippen molar-refractivity contribution in [3.8, 4) is 11.5 Å². The predicted molar refractivity (Wildman–Crippen MR) is 79.9 cm³/mol. The molecule has 0 aliphatic carbocycles. The predicted octanol–water partition coefficient (Wildman–Crippen LogP) is 2.34. The summed E-state index contributed by atoms with van der Waals surface area (Å²) >= 11 is 4.09. The lowest BCUT2D eigenvalue weighted by atomic mass is 10.2. The van der Waals surface area contributed by atoms with Gasteiger partial charge in [0.05, 0.1) is 7.11 Å². The molecule has 0 bridgehead atoms. The topological polar surface area (TPSA) is 41.5 Å². The molecule has 2 rings (SSSR count). The van der Waals surface area contributed by atoms with Crippen LogP contribution in [0, 0.1) is 0 Å². The van der Waals surface area contributed by atoms with E-state index in [1.807, 2.05) is 17.8 Å². The first kappa shape index (κ1) is 13.9. The van der Waals surface area contributed by atoms with Crippen LogP contribution >= 0.6 is 23.5 Å². The van der Waals surface area contributed by atoms with Gasteiger partial charge in [-0.1, -0.05) is 6.07 Å². The van der Waals surface area contributed by atoms with E-state index < -0.39 is 0 Å². The minimum atomic E-state index is 0.208. The summed E-state index contributed by atoms with van der Waals surface area (Å²) in [6.45, 7) is 1.82. The monoisotopic (exact) mass is 285 g/mol. The highest BCUT2D eigenvalue weighted by Gasteiger charge is 2.13. The molecule has 1 fully saturated rings. The van der Waals surface area contributed by atoms with Gasteiger partial charge in [-0.15, -0.1) is 0 Å². The number of hydrogen-bond acceptors (Lipinski definition) is 5. The van der Waals surface area contributed by atoms with Gasteiger partial charge in [0.2, 0.25) is 0 Å². The molecular formula is C13H19NO2S2. The smallest absolute Gasteiger partial charge is 0.160 e. The van der Waals surface area contributed by atoms with Gasteiger partial charge in [-0.2, -0.15) is 23.5 Å². The van der Waals surface area contributed by atoms with Gasteiger partial charge in [-0.25, -0.2) is 0 Å². The number of benzene rings is 1. The zero-order chi connectivity index (χ0) is 12.8. The Morgan fingerprint density at radius 1 is 1.44 bits per heavy atom. The lowest BCUT2D eigenvalue weighted by molar-refractivity contribution is 0.373. The fourth-order valence-electron chi connectivity index (χ4n) is 1.88. The van der Waals surface area contributed by atoms with Crippen molar-refractivity contribution in [2.75, 3.05) is 30.9 Å². The number of phenolic OH excluding ortho intramolecular Hbond substituents is 1. The van der Waals surface area contributed by atoms with Gasteiger partial charge in [-0.3, -0.25) is 0 Å². The maximum atomic E-state index is 9.68. The Bertz CT molecular complexity index is 381. The average Bonchev–Trinajstić information content (AvgIpc) is 2.40. The van der Waals surface area contributed by atoms with E-state index in [1.165, 1.54) is 17.3 Å². The summed E-state index contributed by atoms with van der Waals surface area (Å²) in [5.41, 5.74) is 1.08. The first-order valence-corrected chi connectivity index (χ1v) is 8.26. The second-order valence-electron chi connectivity index (χ2n) is 4.20. The van der Waals surface area contributed by atoms with Crippen LogP contribution in [0.15, 0.2) is 18.2 Å². The van der Waals surface area contributed by atoms with E-state index in [2.05, 4.69) is 17.1 Å². The Labute approximate surface area is 117 Å². The van der Waals surface area contributed by atoms with Crippen LogP contribution in [-0.2, 0) is 6.54 Å². The minimum absolute atomic E-state index is 0.208. The molecule has 0 saturated carbocycles. The first-order chi connectivity index (χ1) is 8.79. The molecule has 0 aromatic heterocycles. The average molecular weight is 285 g/mol. The summed E-state index contributed by atoms with van der Waals surface area (Å²) in [5, 5.41) is 13.8. The van der Waals surface area contributed by atoms with Crippen LogP contribution in [0.5, 0.6) is 11.5 Å². The molecule has 0 amide bonds. The third-order valence-corrected chi connectivity index (χ3v) is 5.67. The van der Waals surface area contributed by atoms with Crippen LogP contribution in [0.2, 0.25) is 0 Å². The number of methoxy groups -OCH3 is 1. The van der Waals surface area contributed by atoms with Gasteiger partial charge in [-0.05, 0) is 17.7 Å². The maximum absolute atomic E-state index is 9.68. The van der Waals surface area contributed by atoms with Crippen molar-refractivity contribution in [2.24, 2.45) is 0 Å². The van der Waals surface area contributed by atoms with E-state index in [0.29, 0.717) is 5.75 Å². The van der Waals surface area contributed by atoms with Crippen molar-refractivity contribution in [3.63, 3.8) is 0 Å². The van der Waals surface area contributed by atoms with Crippen LogP contribution in [0.25, 0.3) is 0 Å². The Morgan fingerprint density at radius 2 is 2.33 bits per heavy atom. The first-order valence-electron chi connectivity index (χ1n) is 6.05. The van der Waals surface area contributed by atoms with Gasteiger partial charge < -0.3 is 15.2 Å². The summed E-state index contributed by atoms with van der Waals surface area (Å²) in [5.74, 6) is 4.52. The Balaban J connectivity index is 1.77. The van der Waals surface area contributed by atoms with E-state index in [0.717, 1.165) is 23.9 Å². The minimum Gasteiger partial charge on any atom is -0.504 e. The third-order valence-electron chi connectivity index (χ3n) is 2.83. The van der Waals surface area contributed by atoms with Gasteiger partial charge in [0.25, 0.3) is 0 Å². The normalized spacial score (nSPS) is 19.7. The zero-order valence-corrected chi connectivity index (χ0v) is 12.1. The molecule has 1 atom stereocenters. The van der Waals surface area contributed by atoms with Crippen molar-refractivity contribution in [1.82, 2.24) is 5.32 Å². The third kappa shape index (κ3) is 4.00. The lowest BCUT2D eigenvalue weighted by Crippen LogP contribution is -2.28. The molecule has 3 nitrogen and oxygen atoms in total. The molecule has 1 aromatic carbocycles.